The first-order chi connectivity index (χ1) is 15.3. The number of hydrogen-bond acceptors (Lipinski definition) is 4. The van der Waals surface area contributed by atoms with E-state index in [1.807, 2.05) is 0 Å². The first-order valence-electron chi connectivity index (χ1n) is 9.90. The number of amides is 1. The van der Waals surface area contributed by atoms with Gasteiger partial charge in [0.1, 0.15) is 11.4 Å². The Morgan fingerprint density at radius 3 is 2.69 bits per heavy atom. The summed E-state index contributed by atoms with van der Waals surface area (Å²) in [6.45, 7) is 0.367. The molecule has 0 bridgehead atoms. The van der Waals surface area contributed by atoms with E-state index >= 15 is 0 Å². The molecule has 0 saturated carbocycles. The number of aromatic nitrogens is 3. The van der Waals surface area contributed by atoms with Gasteiger partial charge in [0.15, 0.2) is 11.3 Å². The number of carbonyl (C=O) groups excluding carboxylic acids is 1. The Morgan fingerprint density at radius 1 is 1.16 bits per heavy atom. The van der Waals surface area contributed by atoms with Gasteiger partial charge in [-0.3, -0.25) is 4.79 Å². The van der Waals surface area contributed by atoms with Gasteiger partial charge in [-0.05, 0) is 36.4 Å². The molecule has 1 atom stereocenters. The Kier molecular flexibility index (Phi) is 4.96. The maximum absolute atomic E-state index is 14.4. The third kappa shape index (κ3) is 3.44. The van der Waals surface area contributed by atoms with Crippen LogP contribution in [0.1, 0.15) is 40.5 Å². The summed E-state index contributed by atoms with van der Waals surface area (Å²) in [7, 11) is 0. The SMILES string of the molecule is O=C(c1cnn2c(C(F)(F)F)cc(-c3cccs3)nc12)N1CCC[C@@H]1c1ccccc1F. The van der Waals surface area contributed by atoms with E-state index in [0.717, 1.165) is 12.3 Å². The largest absolute Gasteiger partial charge is 0.433 e. The molecule has 4 heterocycles. The van der Waals surface area contributed by atoms with E-state index in [2.05, 4.69) is 10.1 Å². The van der Waals surface area contributed by atoms with Crippen LogP contribution in [-0.4, -0.2) is 31.9 Å². The summed E-state index contributed by atoms with van der Waals surface area (Å²) >= 11 is 1.25. The lowest BCUT2D eigenvalue weighted by atomic mass is 10.0. The molecule has 1 fully saturated rings. The van der Waals surface area contributed by atoms with Crippen LogP contribution in [0.5, 0.6) is 0 Å². The van der Waals surface area contributed by atoms with Crippen molar-refractivity contribution in [1.82, 2.24) is 19.5 Å². The van der Waals surface area contributed by atoms with Crippen molar-refractivity contribution in [3.8, 4) is 10.6 Å². The second kappa shape index (κ2) is 7.70. The Labute approximate surface area is 183 Å². The van der Waals surface area contributed by atoms with Gasteiger partial charge < -0.3 is 4.90 Å². The van der Waals surface area contributed by atoms with E-state index in [1.165, 1.54) is 22.3 Å². The summed E-state index contributed by atoms with van der Waals surface area (Å²) in [5, 5.41) is 5.57. The molecular weight excluding hydrogens is 444 g/mol. The fourth-order valence-corrected chi connectivity index (χ4v) is 4.79. The minimum Gasteiger partial charge on any atom is -0.331 e. The molecule has 10 heteroatoms. The number of benzene rings is 1. The van der Waals surface area contributed by atoms with Crippen molar-refractivity contribution in [3.63, 3.8) is 0 Å². The lowest BCUT2D eigenvalue weighted by molar-refractivity contribution is -0.142. The summed E-state index contributed by atoms with van der Waals surface area (Å²) in [6.07, 6.45) is -2.36. The smallest absolute Gasteiger partial charge is 0.331 e. The molecule has 1 aliphatic rings. The molecule has 0 aliphatic carbocycles. The van der Waals surface area contributed by atoms with E-state index in [-0.39, 0.29) is 16.9 Å². The minimum atomic E-state index is -4.69. The number of carbonyl (C=O) groups is 1. The number of likely N-dealkylation sites (tertiary alicyclic amines) is 1. The second-order valence-corrected chi connectivity index (χ2v) is 8.42. The third-order valence-electron chi connectivity index (χ3n) is 5.54. The number of fused-ring (bicyclic) bond motifs is 1. The zero-order chi connectivity index (χ0) is 22.5. The number of alkyl halides is 3. The van der Waals surface area contributed by atoms with Crippen LogP contribution < -0.4 is 0 Å². The highest BCUT2D eigenvalue weighted by molar-refractivity contribution is 7.13. The van der Waals surface area contributed by atoms with Gasteiger partial charge in [0, 0.05) is 12.1 Å². The van der Waals surface area contributed by atoms with Crippen LogP contribution in [0.15, 0.2) is 54.0 Å². The van der Waals surface area contributed by atoms with Gasteiger partial charge in [0.2, 0.25) is 0 Å². The van der Waals surface area contributed by atoms with Crippen molar-refractivity contribution in [2.24, 2.45) is 0 Å². The van der Waals surface area contributed by atoms with Gasteiger partial charge in [-0.25, -0.2) is 13.9 Å². The van der Waals surface area contributed by atoms with Gasteiger partial charge in [-0.2, -0.15) is 18.3 Å². The van der Waals surface area contributed by atoms with Crippen molar-refractivity contribution in [2.45, 2.75) is 25.1 Å². The molecule has 0 radical (unpaired) electrons. The van der Waals surface area contributed by atoms with Gasteiger partial charge in [-0.15, -0.1) is 11.3 Å². The van der Waals surface area contributed by atoms with E-state index < -0.39 is 29.6 Å². The monoisotopic (exact) mass is 460 g/mol. The summed E-state index contributed by atoms with van der Waals surface area (Å²) in [6, 6.07) is 10.0. The Bertz CT molecular complexity index is 1300. The predicted molar refractivity (Wildman–Crippen MR) is 111 cm³/mol. The van der Waals surface area contributed by atoms with Crippen LogP contribution in [0.25, 0.3) is 16.2 Å². The maximum Gasteiger partial charge on any atom is 0.433 e. The molecule has 5 nitrogen and oxygen atoms in total. The van der Waals surface area contributed by atoms with Crippen LogP contribution in [0.2, 0.25) is 0 Å². The standard InChI is InChI=1S/C22H16F4N4OS/c23-15-6-2-1-5-13(15)17-7-3-9-29(17)21(31)14-12-27-30-19(22(24,25)26)11-16(28-20(14)30)18-8-4-10-32-18/h1-2,4-6,8,10-12,17H,3,7,9H2/t17-/m1/s1. The number of thiophene rings is 1. The lowest BCUT2D eigenvalue weighted by Crippen LogP contribution is -2.31. The fourth-order valence-electron chi connectivity index (χ4n) is 4.10. The second-order valence-electron chi connectivity index (χ2n) is 7.47. The molecule has 0 N–H and O–H groups in total. The summed E-state index contributed by atoms with van der Waals surface area (Å²) in [5.74, 6) is -0.941. The maximum atomic E-state index is 14.4. The predicted octanol–water partition coefficient (Wildman–Crippen LogP) is 5.59. The van der Waals surface area contributed by atoms with Crippen molar-refractivity contribution >= 4 is 22.9 Å². The Morgan fingerprint density at radius 2 is 1.97 bits per heavy atom. The summed E-state index contributed by atoms with van der Waals surface area (Å²) in [4.78, 5) is 19.8. The van der Waals surface area contributed by atoms with Crippen molar-refractivity contribution in [3.05, 3.63) is 76.7 Å². The highest BCUT2D eigenvalue weighted by atomic mass is 32.1. The fraction of sp³-hybridized carbons (Fsp3) is 0.227. The summed E-state index contributed by atoms with van der Waals surface area (Å²) in [5.41, 5.74) is -0.735. The van der Waals surface area contributed by atoms with E-state index in [9.17, 15) is 22.4 Å². The van der Waals surface area contributed by atoms with Crippen LogP contribution in [0, 0.1) is 5.82 Å². The molecule has 5 rings (SSSR count). The quantitative estimate of drug-likeness (QED) is 0.375. The third-order valence-corrected chi connectivity index (χ3v) is 6.44. The van der Waals surface area contributed by atoms with Gasteiger partial charge in [0.25, 0.3) is 5.91 Å². The van der Waals surface area contributed by atoms with Crippen LogP contribution in [-0.2, 0) is 6.18 Å². The van der Waals surface area contributed by atoms with E-state index in [0.29, 0.717) is 34.3 Å². The van der Waals surface area contributed by atoms with Gasteiger partial charge in [0.05, 0.1) is 22.8 Å². The van der Waals surface area contributed by atoms with E-state index in [1.54, 1.807) is 35.7 Å². The average Bonchev–Trinajstić information content (AvgIpc) is 3.52. The average molecular weight is 460 g/mol. The molecule has 1 amide bonds. The Hall–Kier alpha value is -3.27. The highest BCUT2D eigenvalue weighted by Gasteiger charge is 2.38. The van der Waals surface area contributed by atoms with Gasteiger partial charge in [-0.1, -0.05) is 24.3 Å². The van der Waals surface area contributed by atoms with E-state index in [4.69, 9.17) is 0 Å². The van der Waals surface area contributed by atoms with Gasteiger partial charge >= 0.3 is 6.18 Å². The van der Waals surface area contributed by atoms with Crippen LogP contribution in [0.4, 0.5) is 17.6 Å². The van der Waals surface area contributed by atoms with Crippen LogP contribution in [0.3, 0.4) is 0 Å². The zero-order valence-corrected chi connectivity index (χ0v) is 17.3. The normalized spacial score (nSPS) is 16.8. The molecule has 32 heavy (non-hydrogen) atoms. The molecule has 164 valence electrons. The Balaban J connectivity index is 1.62. The van der Waals surface area contributed by atoms with Crippen molar-refractivity contribution in [2.75, 3.05) is 6.54 Å². The number of halogens is 4. The van der Waals surface area contributed by atoms with Crippen molar-refractivity contribution in [1.29, 1.82) is 0 Å². The molecule has 1 saturated heterocycles. The first-order valence-corrected chi connectivity index (χ1v) is 10.8. The molecule has 0 unspecified atom stereocenters. The minimum absolute atomic E-state index is 0.0443. The number of rotatable bonds is 3. The number of hydrogen-bond donors (Lipinski definition) is 0. The molecule has 0 spiro atoms. The highest BCUT2D eigenvalue weighted by Crippen LogP contribution is 2.37. The first kappa shape index (κ1) is 20.6. The molecule has 3 aromatic heterocycles. The molecular formula is C22H16F4N4OS. The van der Waals surface area contributed by atoms with Crippen LogP contribution >= 0.6 is 11.3 Å². The topological polar surface area (TPSA) is 50.5 Å². The molecule has 1 aliphatic heterocycles. The molecule has 1 aromatic carbocycles. The van der Waals surface area contributed by atoms with Crippen molar-refractivity contribution < 1.29 is 22.4 Å². The summed E-state index contributed by atoms with van der Waals surface area (Å²) < 4.78 is 56.3. The molecule has 4 aromatic rings. The number of nitrogens with zero attached hydrogens (tertiary/aromatic N) is 4. The lowest BCUT2D eigenvalue weighted by Gasteiger charge is -2.25. The zero-order valence-electron chi connectivity index (χ0n) is 16.5.